The van der Waals surface area contributed by atoms with Gasteiger partial charge in [0.2, 0.25) is 0 Å². The van der Waals surface area contributed by atoms with Gasteiger partial charge in [0.25, 0.3) is 0 Å². The Morgan fingerprint density at radius 1 is 1.26 bits per heavy atom. The molecule has 0 aromatic carbocycles. The van der Waals surface area contributed by atoms with Crippen molar-refractivity contribution in [2.45, 2.75) is 46.7 Å². The largest absolute Gasteiger partial charge is 0.456 e. The van der Waals surface area contributed by atoms with Gasteiger partial charge in [0.15, 0.2) is 6.61 Å². The van der Waals surface area contributed by atoms with E-state index in [0.29, 0.717) is 5.75 Å². The lowest BCUT2D eigenvalue weighted by Crippen LogP contribution is -2.24. The number of halogens is 3. The van der Waals surface area contributed by atoms with Crippen molar-refractivity contribution in [2.75, 3.05) is 18.1 Å². The molecule has 1 unspecified atom stereocenters. The Balaban J connectivity index is 3.69. The third-order valence-electron chi connectivity index (χ3n) is 2.36. The SMILES string of the molecule is CC(CSCCCC(C)(C)C)C(=O)OCC(F)(F)F. The zero-order valence-corrected chi connectivity index (χ0v) is 12.8. The molecule has 0 aromatic rings. The summed E-state index contributed by atoms with van der Waals surface area (Å²) < 4.78 is 39.8. The minimum Gasteiger partial charge on any atom is -0.456 e. The van der Waals surface area contributed by atoms with Crippen molar-refractivity contribution in [2.24, 2.45) is 11.3 Å². The number of carbonyl (C=O) groups is 1. The molecule has 114 valence electrons. The van der Waals surface area contributed by atoms with E-state index in [-0.39, 0.29) is 5.41 Å². The van der Waals surface area contributed by atoms with Gasteiger partial charge in [-0.15, -0.1) is 0 Å². The zero-order chi connectivity index (χ0) is 15.1. The van der Waals surface area contributed by atoms with E-state index in [0.717, 1.165) is 18.6 Å². The molecule has 0 aliphatic carbocycles. The van der Waals surface area contributed by atoms with Crippen LogP contribution in [0.3, 0.4) is 0 Å². The van der Waals surface area contributed by atoms with E-state index < -0.39 is 24.7 Å². The van der Waals surface area contributed by atoms with E-state index in [1.54, 1.807) is 18.7 Å². The average Bonchev–Trinajstić information content (AvgIpc) is 2.22. The zero-order valence-electron chi connectivity index (χ0n) is 12.0. The Morgan fingerprint density at radius 2 is 1.84 bits per heavy atom. The van der Waals surface area contributed by atoms with Crippen LogP contribution < -0.4 is 0 Å². The molecule has 0 heterocycles. The van der Waals surface area contributed by atoms with E-state index >= 15 is 0 Å². The molecule has 0 bridgehead atoms. The Morgan fingerprint density at radius 3 is 2.32 bits per heavy atom. The summed E-state index contributed by atoms with van der Waals surface area (Å²) >= 11 is 1.58. The quantitative estimate of drug-likeness (QED) is 0.518. The first kappa shape index (κ1) is 18.6. The fourth-order valence-corrected chi connectivity index (χ4v) is 2.33. The number of hydrogen-bond donors (Lipinski definition) is 0. The second-order valence-corrected chi connectivity index (χ2v) is 7.01. The summed E-state index contributed by atoms with van der Waals surface area (Å²) in [5.74, 6) is 0.136. The lowest BCUT2D eigenvalue weighted by molar-refractivity contribution is -0.188. The van der Waals surface area contributed by atoms with Gasteiger partial charge in [-0.2, -0.15) is 24.9 Å². The first-order chi connectivity index (χ1) is 8.51. The Bertz CT molecular complexity index is 272. The van der Waals surface area contributed by atoms with Crippen molar-refractivity contribution in [3.63, 3.8) is 0 Å². The first-order valence-electron chi connectivity index (χ1n) is 6.32. The summed E-state index contributed by atoms with van der Waals surface area (Å²) in [6.45, 7) is 6.58. The van der Waals surface area contributed by atoms with E-state index in [2.05, 4.69) is 25.5 Å². The number of carbonyl (C=O) groups excluding carboxylic acids is 1. The van der Waals surface area contributed by atoms with Crippen molar-refractivity contribution < 1.29 is 22.7 Å². The van der Waals surface area contributed by atoms with Gasteiger partial charge in [0.1, 0.15) is 0 Å². The highest BCUT2D eigenvalue weighted by Gasteiger charge is 2.30. The number of ether oxygens (including phenoxy) is 1. The van der Waals surface area contributed by atoms with Crippen molar-refractivity contribution >= 4 is 17.7 Å². The standard InChI is InChI=1S/C13H23F3O2S/c1-10(11(17)18-9-13(14,15)16)8-19-7-5-6-12(2,3)4/h10H,5-9H2,1-4H3. The maximum absolute atomic E-state index is 11.9. The normalized spacial score (nSPS) is 14.3. The van der Waals surface area contributed by atoms with E-state index in [1.807, 2.05) is 0 Å². The lowest BCUT2D eigenvalue weighted by Gasteiger charge is -2.17. The summed E-state index contributed by atoms with van der Waals surface area (Å²) in [5.41, 5.74) is 0.289. The molecule has 6 heteroatoms. The molecular weight excluding hydrogens is 277 g/mol. The van der Waals surface area contributed by atoms with Crippen LogP contribution in [0.15, 0.2) is 0 Å². The highest BCUT2D eigenvalue weighted by atomic mass is 32.2. The van der Waals surface area contributed by atoms with E-state index in [4.69, 9.17) is 0 Å². The molecule has 0 fully saturated rings. The molecule has 0 saturated heterocycles. The van der Waals surface area contributed by atoms with Gasteiger partial charge in [-0.25, -0.2) is 0 Å². The molecule has 0 radical (unpaired) electrons. The molecule has 0 spiro atoms. The van der Waals surface area contributed by atoms with Gasteiger partial charge >= 0.3 is 12.1 Å². The second-order valence-electron chi connectivity index (χ2n) is 5.86. The molecule has 0 aliphatic heterocycles. The molecule has 0 aliphatic rings. The monoisotopic (exact) mass is 300 g/mol. The van der Waals surface area contributed by atoms with Crippen LogP contribution in [0.2, 0.25) is 0 Å². The molecule has 2 nitrogen and oxygen atoms in total. The maximum Gasteiger partial charge on any atom is 0.422 e. The molecule has 0 saturated carbocycles. The molecule has 0 aromatic heterocycles. The summed E-state index contributed by atoms with van der Waals surface area (Å²) in [5, 5.41) is 0. The minimum absolute atomic E-state index is 0.289. The highest BCUT2D eigenvalue weighted by Crippen LogP contribution is 2.23. The molecule has 1 atom stereocenters. The molecule has 0 amide bonds. The predicted octanol–water partition coefficient (Wildman–Crippen LogP) is 4.29. The number of alkyl halides is 3. The van der Waals surface area contributed by atoms with Crippen molar-refractivity contribution in [1.82, 2.24) is 0 Å². The Labute approximate surface area is 117 Å². The third kappa shape index (κ3) is 12.4. The Hall–Kier alpha value is -0.390. The predicted molar refractivity (Wildman–Crippen MR) is 72.2 cm³/mol. The van der Waals surface area contributed by atoms with Gasteiger partial charge in [-0.05, 0) is 24.0 Å². The molecular formula is C13H23F3O2S. The van der Waals surface area contributed by atoms with Crippen LogP contribution in [-0.2, 0) is 9.53 Å². The second kappa shape index (κ2) is 8.02. The topological polar surface area (TPSA) is 26.3 Å². The third-order valence-corrected chi connectivity index (χ3v) is 3.68. The van der Waals surface area contributed by atoms with Crippen LogP contribution >= 0.6 is 11.8 Å². The smallest absolute Gasteiger partial charge is 0.422 e. The van der Waals surface area contributed by atoms with Crippen molar-refractivity contribution in [1.29, 1.82) is 0 Å². The van der Waals surface area contributed by atoms with Gasteiger partial charge in [0.05, 0.1) is 5.92 Å². The minimum atomic E-state index is -4.45. The summed E-state index contributed by atoms with van der Waals surface area (Å²) in [6.07, 6.45) is -2.32. The van der Waals surface area contributed by atoms with E-state index in [9.17, 15) is 18.0 Å². The number of hydrogen-bond acceptors (Lipinski definition) is 3. The fourth-order valence-electron chi connectivity index (χ4n) is 1.33. The number of thioether (sulfide) groups is 1. The van der Waals surface area contributed by atoms with Crippen LogP contribution in [0.4, 0.5) is 13.2 Å². The Kier molecular flexibility index (Phi) is 7.86. The van der Waals surface area contributed by atoms with Crippen LogP contribution in [-0.4, -0.2) is 30.3 Å². The number of rotatable bonds is 7. The summed E-state index contributed by atoms with van der Waals surface area (Å²) in [7, 11) is 0. The van der Waals surface area contributed by atoms with Crippen LogP contribution in [0.1, 0.15) is 40.5 Å². The molecule has 19 heavy (non-hydrogen) atoms. The van der Waals surface area contributed by atoms with E-state index in [1.165, 1.54) is 0 Å². The summed E-state index contributed by atoms with van der Waals surface area (Å²) in [4.78, 5) is 11.3. The van der Waals surface area contributed by atoms with Gasteiger partial charge in [-0.1, -0.05) is 27.7 Å². The van der Waals surface area contributed by atoms with Crippen molar-refractivity contribution in [3.8, 4) is 0 Å². The van der Waals surface area contributed by atoms with Gasteiger partial charge in [-0.3, -0.25) is 4.79 Å². The first-order valence-corrected chi connectivity index (χ1v) is 7.48. The summed E-state index contributed by atoms with van der Waals surface area (Å²) in [6, 6.07) is 0. The van der Waals surface area contributed by atoms with Crippen LogP contribution in [0, 0.1) is 11.3 Å². The van der Waals surface area contributed by atoms with Gasteiger partial charge in [0, 0.05) is 5.75 Å². The fraction of sp³-hybridized carbons (Fsp3) is 0.923. The molecule has 0 rings (SSSR count). The molecule has 0 N–H and O–H groups in total. The van der Waals surface area contributed by atoms with Crippen molar-refractivity contribution in [3.05, 3.63) is 0 Å². The average molecular weight is 300 g/mol. The lowest BCUT2D eigenvalue weighted by atomic mass is 9.91. The van der Waals surface area contributed by atoms with Crippen LogP contribution in [0.25, 0.3) is 0 Å². The number of esters is 1. The maximum atomic E-state index is 11.9. The van der Waals surface area contributed by atoms with Crippen LogP contribution in [0.5, 0.6) is 0 Å². The highest BCUT2D eigenvalue weighted by molar-refractivity contribution is 7.99. The van der Waals surface area contributed by atoms with Gasteiger partial charge < -0.3 is 4.74 Å².